The fourth-order valence-corrected chi connectivity index (χ4v) is 2.99. The van der Waals surface area contributed by atoms with Crippen LogP contribution in [0.5, 0.6) is 0 Å². The van der Waals surface area contributed by atoms with Gasteiger partial charge in [0.1, 0.15) is 0 Å². The van der Waals surface area contributed by atoms with Crippen molar-refractivity contribution in [2.24, 2.45) is 0 Å². The Hall–Kier alpha value is -1.43. The van der Waals surface area contributed by atoms with Crippen molar-refractivity contribution in [3.8, 4) is 0 Å². The summed E-state index contributed by atoms with van der Waals surface area (Å²) in [5.41, 5.74) is 0.265. The summed E-state index contributed by atoms with van der Waals surface area (Å²) in [5, 5.41) is -0.253. The molecule has 5 nitrogen and oxygen atoms in total. The molecule has 0 unspecified atom stereocenters. The molecule has 92 valence electrons. The summed E-state index contributed by atoms with van der Waals surface area (Å²) >= 11 is 0. The van der Waals surface area contributed by atoms with Gasteiger partial charge in [0.25, 0.3) is 0 Å². The summed E-state index contributed by atoms with van der Waals surface area (Å²) in [7, 11) is -3.28. The van der Waals surface area contributed by atoms with E-state index in [-0.39, 0.29) is 22.4 Å². The molecule has 0 aromatic carbocycles. The highest BCUT2D eigenvalue weighted by atomic mass is 32.2. The quantitative estimate of drug-likeness (QED) is 0.756. The van der Waals surface area contributed by atoms with Crippen LogP contribution in [0.3, 0.4) is 0 Å². The number of esters is 1. The van der Waals surface area contributed by atoms with E-state index in [0.717, 1.165) is 0 Å². The third kappa shape index (κ3) is 2.46. The van der Waals surface area contributed by atoms with E-state index in [1.54, 1.807) is 6.92 Å². The summed E-state index contributed by atoms with van der Waals surface area (Å²) in [6.45, 7) is 1.98. The Labute approximate surface area is 99.7 Å². The normalized spacial score (nSPS) is 15.6. The van der Waals surface area contributed by atoms with E-state index in [2.05, 4.69) is 4.98 Å². The van der Waals surface area contributed by atoms with E-state index in [1.807, 2.05) is 0 Å². The number of nitrogens with zero attached hydrogens (tertiary/aromatic N) is 1. The Balaban J connectivity index is 2.21. The molecule has 1 fully saturated rings. The van der Waals surface area contributed by atoms with Crippen LogP contribution < -0.4 is 0 Å². The topological polar surface area (TPSA) is 73.3 Å². The van der Waals surface area contributed by atoms with Crippen molar-refractivity contribution in [2.75, 3.05) is 6.61 Å². The van der Waals surface area contributed by atoms with Gasteiger partial charge >= 0.3 is 5.97 Å². The van der Waals surface area contributed by atoms with Crippen molar-refractivity contribution >= 4 is 15.8 Å². The molecule has 0 bridgehead atoms. The first kappa shape index (κ1) is 12.0. The van der Waals surface area contributed by atoms with Crippen LogP contribution >= 0.6 is 0 Å². The van der Waals surface area contributed by atoms with Crippen LogP contribution in [0.25, 0.3) is 0 Å². The molecule has 1 heterocycles. The smallest absolute Gasteiger partial charge is 0.339 e. The van der Waals surface area contributed by atoms with Crippen molar-refractivity contribution in [3.05, 3.63) is 23.9 Å². The Morgan fingerprint density at radius 3 is 2.65 bits per heavy atom. The first-order valence-corrected chi connectivity index (χ1v) is 6.97. The molecule has 1 aromatic heterocycles. The lowest BCUT2D eigenvalue weighted by atomic mass is 10.3. The lowest BCUT2D eigenvalue weighted by Crippen LogP contribution is -2.11. The SMILES string of the molecule is CCOC(=O)c1ccc(S(=O)(=O)C2CC2)nc1. The van der Waals surface area contributed by atoms with Gasteiger partial charge in [0.15, 0.2) is 14.9 Å². The molecular weight excluding hydrogens is 242 g/mol. The molecule has 17 heavy (non-hydrogen) atoms. The van der Waals surface area contributed by atoms with Crippen molar-refractivity contribution in [1.82, 2.24) is 4.98 Å². The van der Waals surface area contributed by atoms with E-state index in [0.29, 0.717) is 12.8 Å². The number of hydrogen-bond donors (Lipinski definition) is 0. The van der Waals surface area contributed by atoms with Gasteiger partial charge in [-0.15, -0.1) is 0 Å². The molecule has 0 radical (unpaired) electrons. The summed E-state index contributed by atoms with van der Waals surface area (Å²) < 4.78 is 28.4. The van der Waals surface area contributed by atoms with Crippen molar-refractivity contribution in [1.29, 1.82) is 0 Å². The minimum Gasteiger partial charge on any atom is -0.462 e. The highest BCUT2D eigenvalue weighted by Gasteiger charge is 2.37. The molecule has 1 aliphatic carbocycles. The molecule has 0 spiro atoms. The maximum Gasteiger partial charge on any atom is 0.339 e. The van der Waals surface area contributed by atoms with Crippen LogP contribution in [0.4, 0.5) is 0 Å². The Morgan fingerprint density at radius 2 is 2.18 bits per heavy atom. The molecule has 2 rings (SSSR count). The number of rotatable bonds is 4. The molecule has 0 saturated heterocycles. The van der Waals surface area contributed by atoms with Crippen LogP contribution in [0.2, 0.25) is 0 Å². The van der Waals surface area contributed by atoms with Gasteiger partial charge in [-0.3, -0.25) is 0 Å². The van der Waals surface area contributed by atoms with Gasteiger partial charge in [0.05, 0.1) is 17.4 Å². The average molecular weight is 255 g/mol. The zero-order valence-corrected chi connectivity index (χ0v) is 10.2. The predicted molar refractivity (Wildman–Crippen MR) is 60.4 cm³/mol. The number of aromatic nitrogens is 1. The van der Waals surface area contributed by atoms with Crippen molar-refractivity contribution in [3.63, 3.8) is 0 Å². The second-order valence-electron chi connectivity index (χ2n) is 3.85. The van der Waals surface area contributed by atoms with E-state index in [4.69, 9.17) is 4.74 Å². The van der Waals surface area contributed by atoms with Crippen molar-refractivity contribution in [2.45, 2.75) is 30.0 Å². The van der Waals surface area contributed by atoms with Crippen LogP contribution in [-0.2, 0) is 14.6 Å². The van der Waals surface area contributed by atoms with Crippen LogP contribution in [-0.4, -0.2) is 31.2 Å². The van der Waals surface area contributed by atoms with E-state index in [9.17, 15) is 13.2 Å². The standard InChI is InChI=1S/C11H13NO4S/c1-2-16-11(13)8-3-6-10(12-7-8)17(14,15)9-4-5-9/h3,6-7,9H,2,4-5H2,1H3. The van der Waals surface area contributed by atoms with Crippen LogP contribution in [0.1, 0.15) is 30.1 Å². The van der Waals surface area contributed by atoms with Gasteiger partial charge < -0.3 is 4.74 Å². The monoisotopic (exact) mass is 255 g/mol. The second-order valence-corrected chi connectivity index (χ2v) is 6.02. The minimum atomic E-state index is -3.28. The molecule has 0 atom stereocenters. The first-order valence-electron chi connectivity index (χ1n) is 5.42. The highest BCUT2D eigenvalue weighted by Crippen LogP contribution is 2.32. The van der Waals surface area contributed by atoms with E-state index >= 15 is 0 Å². The first-order chi connectivity index (χ1) is 8.05. The molecule has 0 amide bonds. The van der Waals surface area contributed by atoms with Gasteiger partial charge in [-0.25, -0.2) is 18.2 Å². The fourth-order valence-electron chi connectivity index (χ4n) is 1.43. The number of carbonyl (C=O) groups excluding carboxylic acids is 1. The second kappa shape index (κ2) is 4.44. The number of carbonyl (C=O) groups is 1. The minimum absolute atomic E-state index is 0.0352. The number of hydrogen-bond acceptors (Lipinski definition) is 5. The lowest BCUT2D eigenvalue weighted by molar-refractivity contribution is 0.0525. The summed E-state index contributed by atoms with van der Waals surface area (Å²) in [4.78, 5) is 15.2. The highest BCUT2D eigenvalue weighted by molar-refractivity contribution is 7.92. The third-order valence-corrected chi connectivity index (χ3v) is 4.68. The Bertz CT molecular complexity index is 517. The van der Waals surface area contributed by atoms with Gasteiger partial charge in [-0.2, -0.15) is 0 Å². The zero-order chi connectivity index (χ0) is 12.5. The molecule has 0 aliphatic heterocycles. The summed E-state index contributed by atoms with van der Waals surface area (Å²) in [6, 6.07) is 2.79. The maximum atomic E-state index is 11.8. The van der Waals surface area contributed by atoms with Gasteiger partial charge in [0, 0.05) is 6.20 Å². The number of sulfone groups is 1. The largest absolute Gasteiger partial charge is 0.462 e. The number of ether oxygens (including phenoxy) is 1. The van der Waals surface area contributed by atoms with E-state index in [1.165, 1.54) is 18.3 Å². The Morgan fingerprint density at radius 1 is 1.47 bits per heavy atom. The molecule has 1 aromatic rings. The fraction of sp³-hybridized carbons (Fsp3) is 0.455. The third-order valence-electron chi connectivity index (χ3n) is 2.50. The molecule has 1 saturated carbocycles. The Kier molecular flexibility index (Phi) is 3.15. The summed E-state index contributed by atoms with van der Waals surface area (Å²) in [6.07, 6.45) is 2.64. The van der Waals surface area contributed by atoms with Gasteiger partial charge in [-0.05, 0) is 31.9 Å². The lowest BCUT2D eigenvalue weighted by Gasteiger charge is -2.03. The van der Waals surface area contributed by atoms with Crippen molar-refractivity contribution < 1.29 is 17.9 Å². The maximum absolute atomic E-state index is 11.8. The molecular formula is C11H13NO4S. The number of pyridine rings is 1. The predicted octanol–water partition coefficient (Wildman–Crippen LogP) is 1.19. The average Bonchev–Trinajstić information content (AvgIpc) is 3.13. The van der Waals surface area contributed by atoms with E-state index < -0.39 is 15.8 Å². The van der Waals surface area contributed by atoms with Gasteiger partial charge in [0.2, 0.25) is 0 Å². The molecule has 0 N–H and O–H groups in total. The van der Waals surface area contributed by atoms with Crippen LogP contribution in [0.15, 0.2) is 23.4 Å². The molecule has 6 heteroatoms. The van der Waals surface area contributed by atoms with Gasteiger partial charge in [-0.1, -0.05) is 0 Å². The van der Waals surface area contributed by atoms with Crippen LogP contribution in [0, 0.1) is 0 Å². The zero-order valence-electron chi connectivity index (χ0n) is 9.42. The molecule has 1 aliphatic rings. The summed E-state index contributed by atoms with van der Waals surface area (Å²) in [5.74, 6) is -0.490.